The second-order valence-corrected chi connectivity index (χ2v) is 6.98. The number of carbonyl (C=O) groups excluding carboxylic acids is 2. The molecule has 2 rings (SSSR count). The maximum absolute atomic E-state index is 12.6. The average Bonchev–Trinajstić information content (AvgIpc) is 2.70. The number of rotatable bonds is 10. The predicted molar refractivity (Wildman–Crippen MR) is 109 cm³/mol. The second-order valence-electron chi connectivity index (χ2n) is 6.14. The van der Waals surface area contributed by atoms with Crippen LogP contribution in [0.5, 0.6) is 5.75 Å². The number of para-hydroxylation sites is 1. The Hall–Kier alpha value is -2.27. The van der Waals surface area contributed by atoms with Crippen LogP contribution in [0.25, 0.3) is 0 Å². The Morgan fingerprint density at radius 3 is 2.19 bits per heavy atom. The monoisotopic (exact) mass is 386 g/mol. The van der Waals surface area contributed by atoms with E-state index in [1.807, 2.05) is 18.4 Å². The van der Waals surface area contributed by atoms with Crippen LogP contribution < -0.4 is 4.74 Å². The van der Waals surface area contributed by atoms with Crippen LogP contribution in [0.4, 0.5) is 0 Å². The summed E-state index contributed by atoms with van der Waals surface area (Å²) in [6.07, 6.45) is 7.30. The van der Waals surface area contributed by atoms with E-state index in [4.69, 9.17) is 9.47 Å². The molecule has 0 heterocycles. The molecule has 0 radical (unpaired) electrons. The number of carbonyl (C=O) groups is 2. The summed E-state index contributed by atoms with van der Waals surface area (Å²) in [6, 6.07) is 13.9. The van der Waals surface area contributed by atoms with Gasteiger partial charge in [0.1, 0.15) is 5.75 Å². The van der Waals surface area contributed by atoms with Gasteiger partial charge in [-0.3, -0.25) is 0 Å². The number of hydrogen-bond donors (Lipinski definition) is 0. The van der Waals surface area contributed by atoms with E-state index in [1.54, 1.807) is 36.4 Å². The topological polar surface area (TPSA) is 52.6 Å². The van der Waals surface area contributed by atoms with Crippen molar-refractivity contribution in [2.24, 2.45) is 0 Å². The number of benzene rings is 2. The van der Waals surface area contributed by atoms with Gasteiger partial charge in [-0.05, 0) is 36.9 Å². The van der Waals surface area contributed by atoms with Crippen molar-refractivity contribution in [1.29, 1.82) is 0 Å². The van der Waals surface area contributed by atoms with E-state index >= 15 is 0 Å². The molecule has 5 heteroatoms. The van der Waals surface area contributed by atoms with Gasteiger partial charge >= 0.3 is 11.9 Å². The molecule has 4 nitrogen and oxygen atoms in total. The van der Waals surface area contributed by atoms with Crippen molar-refractivity contribution >= 4 is 23.7 Å². The van der Waals surface area contributed by atoms with Crippen molar-refractivity contribution in [3.8, 4) is 5.75 Å². The number of esters is 2. The zero-order valence-electron chi connectivity index (χ0n) is 15.9. The molecule has 0 aromatic heterocycles. The van der Waals surface area contributed by atoms with Gasteiger partial charge in [0.15, 0.2) is 0 Å². The third kappa shape index (κ3) is 6.43. The molecule has 0 amide bonds. The molecular formula is C22H26O4S. The molecule has 0 aliphatic heterocycles. The van der Waals surface area contributed by atoms with Gasteiger partial charge < -0.3 is 9.47 Å². The standard InChI is InChI=1S/C22H26O4S/c1-3-4-5-6-11-16-25-21(23)17-12-7-8-13-18(17)22(24)26-19-14-9-10-15-20(19)27-2/h7-10,12-15H,3-6,11,16H2,1-2H3. The van der Waals surface area contributed by atoms with Crippen molar-refractivity contribution in [1.82, 2.24) is 0 Å². The maximum atomic E-state index is 12.6. The summed E-state index contributed by atoms with van der Waals surface area (Å²) in [5.41, 5.74) is 0.446. The number of hydrogen-bond acceptors (Lipinski definition) is 5. The van der Waals surface area contributed by atoms with E-state index in [0.29, 0.717) is 12.4 Å². The van der Waals surface area contributed by atoms with E-state index in [1.165, 1.54) is 24.6 Å². The minimum absolute atomic E-state index is 0.212. The predicted octanol–water partition coefficient (Wildman–Crippen LogP) is 5.75. The smallest absolute Gasteiger partial charge is 0.344 e. The molecule has 27 heavy (non-hydrogen) atoms. The first-order valence-electron chi connectivity index (χ1n) is 9.28. The first-order chi connectivity index (χ1) is 13.2. The van der Waals surface area contributed by atoms with Gasteiger partial charge in [-0.1, -0.05) is 56.9 Å². The Morgan fingerprint density at radius 2 is 1.48 bits per heavy atom. The van der Waals surface area contributed by atoms with E-state index in [0.717, 1.165) is 24.2 Å². The molecule has 2 aromatic carbocycles. The molecular weight excluding hydrogens is 360 g/mol. The van der Waals surface area contributed by atoms with E-state index in [-0.39, 0.29) is 11.1 Å². The lowest BCUT2D eigenvalue weighted by Gasteiger charge is -2.11. The number of unbranched alkanes of at least 4 members (excludes halogenated alkanes) is 4. The van der Waals surface area contributed by atoms with Gasteiger partial charge in [-0.2, -0.15) is 0 Å². The average molecular weight is 387 g/mol. The molecule has 0 saturated heterocycles. The number of ether oxygens (including phenoxy) is 2. The highest BCUT2D eigenvalue weighted by molar-refractivity contribution is 7.98. The van der Waals surface area contributed by atoms with Crippen LogP contribution in [0.1, 0.15) is 59.7 Å². The molecule has 0 atom stereocenters. The fourth-order valence-corrected chi connectivity index (χ4v) is 3.17. The zero-order valence-corrected chi connectivity index (χ0v) is 16.7. The van der Waals surface area contributed by atoms with Crippen molar-refractivity contribution in [3.05, 3.63) is 59.7 Å². The molecule has 0 fully saturated rings. The lowest BCUT2D eigenvalue weighted by molar-refractivity contribution is 0.0489. The second kappa shape index (κ2) is 11.4. The summed E-state index contributed by atoms with van der Waals surface area (Å²) in [5, 5.41) is 0. The molecule has 0 spiro atoms. The van der Waals surface area contributed by atoms with Gasteiger partial charge in [-0.15, -0.1) is 11.8 Å². The van der Waals surface area contributed by atoms with Gasteiger partial charge in [0, 0.05) is 4.90 Å². The third-order valence-corrected chi connectivity index (χ3v) is 4.90. The third-order valence-electron chi connectivity index (χ3n) is 4.12. The first-order valence-corrected chi connectivity index (χ1v) is 10.5. The summed E-state index contributed by atoms with van der Waals surface area (Å²) in [5.74, 6) is -0.572. The quantitative estimate of drug-likeness (QED) is 0.225. The minimum atomic E-state index is -0.563. The van der Waals surface area contributed by atoms with Crippen LogP contribution in [0, 0.1) is 0 Å². The minimum Gasteiger partial charge on any atom is -0.462 e. The molecule has 0 unspecified atom stereocenters. The van der Waals surface area contributed by atoms with Crippen molar-refractivity contribution in [2.75, 3.05) is 12.9 Å². The van der Waals surface area contributed by atoms with Crippen LogP contribution in [-0.4, -0.2) is 24.8 Å². The largest absolute Gasteiger partial charge is 0.462 e. The first kappa shape index (κ1) is 21.0. The van der Waals surface area contributed by atoms with E-state index in [9.17, 15) is 9.59 Å². The summed E-state index contributed by atoms with van der Waals surface area (Å²) in [6.45, 7) is 2.52. The Kier molecular flexibility index (Phi) is 8.92. The summed E-state index contributed by atoms with van der Waals surface area (Å²) in [4.78, 5) is 25.9. The molecule has 0 aliphatic carbocycles. The van der Waals surface area contributed by atoms with Crippen molar-refractivity contribution in [3.63, 3.8) is 0 Å². The summed E-state index contributed by atoms with van der Waals surface area (Å²) >= 11 is 1.49. The Labute approximate surface area is 165 Å². The highest BCUT2D eigenvalue weighted by Gasteiger charge is 2.20. The highest BCUT2D eigenvalue weighted by Crippen LogP contribution is 2.28. The van der Waals surface area contributed by atoms with Gasteiger partial charge in [0.25, 0.3) is 0 Å². The highest BCUT2D eigenvalue weighted by atomic mass is 32.2. The van der Waals surface area contributed by atoms with Crippen LogP contribution in [0.15, 0.2) is 53.4 Å². The zero-order chi connectivity index (χ0) is 19.5. The summed E-state index contributed by atoms with van der Waals surface area (Å²) < 4.78 is 10.9. The molecule has 0 saturated carbocycles. The van der Waals surface area contributed by atoms with Gasteiger partial charge in [0.05, 0.1) is 17.7 Å². The molecule has 2 aromatic rings. The number of thioether (sulfide) groups is 1. The normalized spacial score (nSPS) is 10.4. The van der Waals surface area contributed by atoms with Crippen LogP contribution in [0.3, 0.4) is 0 Å². The molecule has 144 valence electrons. The molecule has 0 N–H and O–H groups in total. The Balaban J connectivity index is 2.01. The van der Waals surface area contributed by atoms with E-state index in [2.05, 4.69) is 6.92 Å². The van der Waals surface area contributed by atoms with Gasteiger partial charge in [-0.25, -0.2) is 9.59 Å². The molecule has 0 aliphatic rings. The Bertz CT molecular complexity index is 757. The summed E-state index contributed by atoms with van der Waals surface area (Å²) in [7, 11) is 0. The van der Waals surface area contributed by atoms with E-state index < -0.39 is 11.9 Å². The Morgan fingerprint density at radius 1 is 0.852 bits per heavy atom. The lowest BCUT2D eigenvalue weighted by Crippen LogP contribution is -2.16. The van der Waals surface area contributed by atoms with Crippen LogP contribution >= 0.6 is 11.8 Å². The van der Waals surface area contributed by atoms with Crippen LogP contribution in [-0.2, 0) is 4.74 Å². The SMILES string of the molecule is CCCCCCCOC(=O)c1ccccc1C(=O)Oc1ccccc1SC. The van der Waals surface area contributed by atoms with Crippen molar-refractivity contribution < 1.29 is 19.1 Å². The lowest BCUT2D eigenvalue weighted by atomic mass is 10.1. The maximum Gasteiger partial charge on any atom is 0.344 e. The van der Waals surface area contributed by atoms with Crippen molar-refractivity contribution in [2.45, 2.75) is 43.9 Å². The van der Waals surface area contributed by atoms with Gasteiger partial charge in [0.2, 0.25) is 0 Å². The van der Waals surface area contributed by atoms with Crippen LogP contribution in [0.2, 0.25) is 0 Å². The molecule has 0 bridgehead atoms. The fraction of sp³-hybridized carbons (Fsp3) is 0.364. The fourth-order valence-electron chi connectivity index (χ4n) is 2.65.